The third-order valence-electron chi connectivity index (χ3n) is 4.45. The molecule has 0 bridgehead atoms. The number of nitrogens with zero attached hydrogens (tertiary/aromatic N) is 1. The van der Waals surface area contributed by atoms with Crippen molar-refractivity contribution in [3.05, 3.63) is 101 Å². The van der Waals surface area contributed by atoms with Gasteiger partial charge in [-0.05, 0) is 61.4 Å². The Balaban J connectivity index is 1.69. The minimum atomic E-state index is -0.485. The summed E-state index contributed by atoms with van der Waals surface area (Å²) < 4.78 is 5.36. The van der Waals surface area contributed by atoms with Gasteiger partial charge in [0.25, 0.3) is 5.91 Å². The summed E-state index contributed by atoms with van der Waals surface area (Å²) in [6.45, 7) is 3.82. The SMILES string of the molecule is Cc1ccc(C(=O)Oc2ccc(/C=C(/C#N)C(=O)Nc3ccccc3C)cc2)cc1. The van der Waals surface area contributed by atoms with Gasteiger partial charge in [0.05, 0.1) is 5.56 Å². The fourth-order valence-electron chi connectivity index (χ4n) is 2.71. The van der Waals surface area contributed by atoms with Gasteiger partial charge in [-0.3, -0.25) is 4.79 Å². The summed E-state index contributed by atoms with van der Waals surface area (Å²) in [5.74, 6) is -0.559. The van der Waals surface area contributed by atoms with E-state index in [4.69, 9.17) is 4.74 Å². The number of carbonyl (C=O) groups excluding carboxylic acids is 2. The minimum absolute atomic E-state index is 0.0253. The summed E-state index contributed by atoms with van der Waals surface area (Å²) in [7, 11) is 0. The molecule has 0 aliphatic carbocycles. The number of nitriles is 1. The van der Waals surface area contributed by atoms with Gasteiger partial charge < -0.3 is 10.1 Å². The predicted octanol–water partition coefficient (Wildman–Crippen LogP) is 5.07. The molecule has 1 N–H and O–H groups in total. The van der Waals surface area contributed by atoms with E-state index >= 15 is 0 Å². The molecule has 0 aliphatic heterocycles. The number of nitrogens with one attached hydrogen (secondary N) is 1. The Labute approximate surface area is 175 Å². The van der Waals surface area contributed by atoms with Crippen molar-refractivity contribution in [2.45, 2.75) is 13.8 Å². The Morgan fingerprint density at radius 3 is 2.23 bits per heavy atom. The lowest BCUT2D eigenvalue weighted by Crippen LogP contribution is -2.14. The zero-order valence-corrected chi connectivity index (χ0v) is 16.7. The minimum Gasteiger partial charge on any atom is -0.423 e. The normalized spacial score (nSPS) is 10.8. The topological polar surface area (TPSA) is 79.2 Å². The first kappa shape index (κ1) is 20.6. The van der Waals surface area contributed by atoms with E-state index in [2.05, 4.69) is 5.32 Å². The number of esters is 1. The fourth-order valence-corrected chi connectivity index (χ4v) is 2.71. The van der Waals surface area contributed by atoms with Crippen LogP contribution in [-0.2, 0) is 4.79 Å². The van der Waals surface area contributed by atoms with Crippen molar-refractivity contribution in [3.8, 4) is 11.8 Å². The van der Waals surface area contributed by atoms with Crippen LogP contribution in [0.4, 0.5) is 5.69 Å². The number of anilines is 1. The molecule has 3 rings (SSSR count). The van der Waals surface area contributed by atoms with E-state index in [1.54, 1.807) is 42.5 Å². The van der Waals surface area contributed by atoms with E-state index in [0.29, 0.717) is 22.6 Å². The van der Waals surface area contributed by atoms with Crippen molar-refractivity contribution < 1.29 is 14.3 Å². The number of hydrogen-bond acceptors (Lipinski definition) is 4. The molecule has 3 aromatic carbocycles. The number of hydrogen-bond donors (Lipinski definition) is 1. The number of para-hydroxylation sites is 1. The van der Waals surface area contributed by atoms with Crippen LogP contribution >= 0.6 is 0 Å². The summed E-state index contributed by atoms with van der Waals surface area (Å²) in [5.41, 5.74) is 3.70. The molecule has 0 saturated heterocycles. The van der Waals surface area contributed by atoms with Crippen molar-refractivity contribution in [1.82, 2.24) is 0 Å². The van der Waals surface area contributed by atoms with Crippen LogP contribution in [0.3, 0.4) is 0 Å². The second kappa shape index (κ2) is 9.35. The number of amides is 1. The molecule has 0 heterocycles. The van der Waals surface area contributed by atoms with Gasteiger partial charge in [0.15, 0.2) is 0 Å². The molecule has 5 nitrogen and oxygen atoms in total. The first-order chi connectivity index (χ1) is 14.5. The zero-order chi connectivity index (χ0) is 21.5. The highest BCUT2D eigenvalue weighted by molar-refractivity contribution is 6.10. The molecule has 30 heavy (non-hydrogen) atoms. The van der Waals surface area contributed by atoms with Crippen molar-refractivity contribution in [1.29, 1.82) is 5.26 Å². The van der Waals surface area contributed by atoms with Gasteiger partial charge in [0, 0.05) is 5.69 Å². The monoisotopic (exact) mass is 396 g/mol. The predicted molar refractivity (Wildman–Crippen MR) is 116 cm³/mol. The molecule has 0 aromatic heterocycles. The van der Waals surface area contributed by atoms with E-state index in [1.807, 2.05) is 50.2 Å². The number of carbonyl (C=O) groups is 2. The molecule has 1 amide bonds. The van der Waals surface area contributed by atoms with Crippen molar-refractivity contribution in [3.63, 3.8) is 0 Å². The fraction of sp³-hybridized carbons (Fsp3) is 0.0800. The van der Waals surface area contributed by atoms with E-state index < -0.39 is 11.9 Å². The number of benzene rings is 3. The van der Waals surface area contributed by atoms with E-state index in [9.17, 15) is 14.9 Å². The molecule has 0 radical (unpaired) electrons. The van der Waals surface area contributed by atoms with Gasteiger partial charge >= 0.3 is 5.97 Å². The highest BCUT2D eigenvalue weighted by atomic mass is 16.5. The molecule has 0 unspecified atom stereocenters. The molecule has 0 spiro atoms. The smallest absolute Gasteiger partial charge is 0.343 e. The van der Waals surface area contributed by atoms with Gasteiger partial charge in [-0.2, -0.15) is 5.26 Å². The lowest BCUT2D eigenvalue weighted by atomic mass is 10.1. The van der Waals surface area contributed by atoms with Crippen molar-refractivity contribution in [2.24, 2.45) is 0 Å². The summed E-state index contributed by atoms with van der Waals surface area (Å²) in [6, 6.07) is 23.0. The second-order valence-electron chi connectivity index (χ2n) is 6.76. The van der Waals surface area contributed by atoms with E-state index in [-0.39, 0.29) is 5.57 Å². The first-order valence-corrected chi connectivity index (χ1v) is 9.34. The van der Waals surface area contributed by atoms with Crippen molar-refractivity contribution in [2.75, 3.05) is 5.32 Å². The number of rotatable bonds is 5. The molecule has 3 aromatic rings. The summed E-state index contributed by atoms with van der Waals surface area (Å²) in [6.07, 6.45) is 1.49. The van der Waals surface area contributed by atoms with Crippen LogP contribution in [0.2, 0.25) is 0 Å². The van der Waals surface area contributed by atoms with Crippen LogP contribution < -0.4 is 10.1 Å². The van der Waals surface area contributed by atoms with Crippen LogP contribution in [0.1, 0.15) is 27.0 Å². The number of ether oxygens (including phenoxy) is 1. The quantitative estimate of drug-likeness (QED) is 0.283. The average Bonchev–Trinajstić information content (AvgIpc) is 2.75. The summed E-state index contributed by atoms with van der Waals surface area (Å²) >= 11 is 0. The zero-order valence-electron chi connectivity index (χ0n) is 16.7. The molecule has 0 atom stereocenters. The highest BCUT2D eigenvalue weighted by Crippen LogP contribution is 2.18. The van der Waals surface area contributed by atoms with Crippen LogP contribution in [0.15, 0.2) is 78.4 Å². The first-order valence-electron chi connectivity index (χ1n) is 9.34. The molecule has 148 valence electrons. The Bertz CT molecular complexity index is 1140. The third-order valence-corrected chi connectivity index (χ3v) is 4.45. The Kier molecular flexibility index (Phi) is 6.41. The van der Waals surface area contributed by atoms with Crippen LogP contribution in [0, 0.1) is 25.2 Å². The second-order valence-corrected chi connectivity index (χ2v) is 6.76. The maximum Gasteiger partial charge on any atom is 0.343 e. The lowest BCUT2D eigenvalue weighted by molar-refractivity contribution is -0.112. The van der Waals surface area contributed by atoms with Gasteiger partial charge in [-0.1, -0.05) is 48.0 Å². The van der Waals surface area contributed by atoms with Crippen LogP contribution in [0.25, 0.3) is 6.08 Å². The Morgan fingerprint density at radius 2 is 1.60 bits per heavy atom. The summed E-state index contributed by atoms with van der Waals surface area (Å²) in [4.78, 5) is 24.6. The Hall–Kier alpha value is -4.17. The summed E-state index contributed by atoms with van der Waals surface area (Å²) in [5, 5.41) is 12.1. The molecule has 0 saturated carbocycles. The molecule has 0 aliphatic rings. The maximum absolute atomic E-state index is 12.4. The maximum atomic E-state index is 12.4. The van der Waals surface area contributed by atoms with Gasteiger partial charge in [0.2, 0.25) is 0 Å². The van der Waals surface area contributed by atoms with Crippen LogP contribution in [-0.4, -0.2) is 11.9 Å². The van der Waals surface area contributed by atoms with E-state index in [0.717, 1.165) is 11.1 Å². The lowest BCUT2D eigenvalue weighted by Gasteiger charge is -2.07. The molecule has 0 fully saturated rings. The molecular weight excluding hydrogens is 376 g/mol. The van der Waals surface area contributed by atoms with Gasteiger partial charge in [-0.15, -0.1) is 0 Å². The highest BCUT2D eigenvalue weighted by Gasteiger charge is 2.11. The standard InChI is InChI=1S/C25H20N2O3/c1-17-7-11-20(12-8-17)25(29)30-22-13-9-19(10-14-22)15-21(16-26)24(28)27-23-6-4-3-5-18(23)2/h3-15H,1-2H3,(H,27,28)/b21-15-. The molecule has 5 heteroatoms. The van der Waals surface area contributed by atoms with E-state index in [1.165, 1.54) is 6.08 Å². The van der Waals surface area contributed by atoms with Gasteiger partial charge in [-0.25, -0.2) is 4.79 Å². The number of aryl methyl sites for hydroxylation is 2. The average molecular weight is 396 g/mol. The van der Waals surface area contributed by atoms with Crippen molar-refractivity contribution >= 4 is 23.6 Å². The van der Waals surface area contributed by atoms with Crippen LogP contribution in [0.5, 0.6) is 5.75 Å². The molecular formula is C25H20N2O3. The van der Waals surface area contributed by atoms with Gasteiger partial charge in [0.1, 0.15) is 17.4 Å². The Morgan fingerprint density at radius 1 is 0.933 bits per heavy atom. The largest absolute Gasteiger partial charge is 0.423 e. The third kappa shape index (κ3) is 5.21.